The molecule has 1 fully saturated rings. The zero-order chi connectivity index (χ0) is 23.3. The molecule has 0 aromatic heterocycles. The van der Waals surface area contributed by atoms with Crippen LogP contribution in [-0.2, 0) is 22.4 Å². The van der Waals surface area contributed by atoms with Crippen molar-refractivity contribution < 1.29 is 14.3 Å². The first kappa shape index (κ1) is 22.6. The Morgan fingerprint density at radius 3 is 2.36 bits per heavy atom. The van der Waals surface area contributed by atoms with Crippen molar-refractivity contribution in [1.29, 1.82) is 0 Å². The van der Waals surface area contributed by atoms with Gasteiger partial charge < -0.3 is 15.4 Å². The first-order valence-electron chi connectivity index (χ1n) is 11.4. The number of carbonyl (C=O) groups is 2. The molecule has 0 spiro atoms. The molecule has 3 aromatic rings. The minimum absolute atomic E-state index is 0.0126. The molecule has 0 unspecified atom stereocenters. The fourth-order valence-corrected chi connectivity index (χ4v) is 4.61. The summed E-state index contributed by atoms with van der Waals surface area (Å²) in [5.74, 6) is 0.458. The zero-order valence-corrected chi connectivity index (χ0v) is 19.0. The molecule has 5 heteroatoms. The number of nitrogens with zero attached hydrogens (tertiary/aromatic N) is 1. The predicted molar refractivity (Wildman–Crippen MR) is 130 cm³/mol. The van der Waals surface area contributed by atoms with E-state index in [1.54, 1.807) is 4.90 Å². The van der Waals surface area contributed by atoms with Gasteiger partial charge in [0.15, 0.2) is 0 Å². The van der Waals surface area contributed by atoms with Crippen LogP contribution in [0.4, 0.5) is 0 Å². The van der Waals surface area contributed by atoms with Gasteiger partial charge in [0.2, 0.25) is 11.8 Å². The molecule has 0 saturated carbocycles. The number of benzene rings is 3. The average molecular weight is 443 g/mol. The fraction of sp³-hybridized carbons (Fsp3) is 0.286. The van der Waals surface area contributed by atoms with E-state index in [1.165, 1.54) is 0 Å². The molecule has 0 aliphatic carbocycles. The molecule has 1 atom stereocenters. The normalized spacial score (nSPS) is 17.7. The predicted octanol–water partition coefficient (Wildman–Crippen LogP) is 4.24. The van der Waals surface area contributed by atoms with Gasteiger partial charge in [0.1, 0.15) is 5.75 Å². The van der Waals surface area contributed by atoms with Crippen molar-refractivity contribution in [1.82, 2.24) is 4.90 Å². The third kappa shape index (κ3) is 5.08. The Bertz CT molecular complexity index is 1110. The highest BCUT2D eigenvalue weighted by Crippen LogP contribution is 2.37. The van der Waals surface area contributed by atoms with E-state index in [0.29, 0.717) is 39.0 Å². The highest BCUT2D eigenvalue weighted by atomic mass is 16.5. The van der Waals surface area contributed by atoms with Gasteiger partial charge in [-0.15, -0.1) is 0 Å². The quantitative estimate of drug-likeness (QED) is 0.567. The summed E-state index contributed by atoms with van der Waals surface area (Å²) >= 11 is 0. The first-order valence-corrected chi connectivity index (χ1v) is 11.4. The molecule has 0 bridgehead atoms. The molecule has 170 valence electrons. The zero-order valence-electron chi connectivity index (χ0n) is 19.0. The lowest BCUT2D eigenvalue weighted by Crippen LogP contribution is -2.42. The van der Waals surface area contributed by atoms with Gasteiger partial charge in [0.25, 0.3) is 0 Å². The summed E-state index contributed by atoms with van der Waals surface area (Å²) in [4.78, 5) is 27.5. The lowest BCUT2D eigenvalue weighted by Gasteiger charge is -2.27. The molecule has 3 aromatic carbocycles. The van der Waals surface area contributed by atoms with Crippen LogP contribution in [0.15, 0.2) is 78.9 Å². The van der Waals surface area contributed by atoms with E-state index in [2.05, 4.69) is 24.3 Å². The molecule has 2 N–H and O–H groups in total. The van der Waals surface area contributed by atoms with Crippen LogP contribution in [0.3, 0.4) is 0 Å². The van der Waals surface area contributed by atoms with Crippen molar-refractivity contribution in [3.63, 3.8) is 0 Å². The van der Waals surface area contributed by atoms with Gasteiger partial charge >= 0.3 is 0 Å². The van der Waals surface area contributed by atoms with Crippen LogP contribution in [0.2, 0.25) is 0 Å². The maximum Gasteiger partial charge on any atom is 0.227 e. The van der Waals surface area contributed by atoms with E-state index in [-0.39, 0.29) is 11.8 Å². The van der Waals surface area contributed by atoms with Gasteiger partial charge in [-0.05, 0) is 54.2 Å². The molecule has 1 aliphatic heterocycles. The Hall–Kier alpha value is -3.60. The number of carbonyl (C=O) groups excluding carboxylic acids is 2. The smallest absolute Gasteiger partial charge is 0.227 e. The summed E-state index contributed by atoms with van der Waals surface area (Å²) in [6, 6.07) is 25.8. The maximum absolute atomic E-state index is 13.0. The maximum atomic E-state index is 13.0. The highest BCUT2D eigenvalue weighted by Gasteiger charge is 2.45. The van der Waals surface area contributed by atoms with Crippen LogP contribution < -0.4 is 10.5 Å². The van der Waals surface area contributed by atoms with Gasteiger partial charge in [0.05, 0.1) is 18.4 Å². The highest BCUT2D eigenvalue weighted by molar-refractivity contribution is 5.85. The van der Waals surface area contributed by atoms with Crippen LogP contribution >= 0.6 is 0 Å². The largest absolute Gasteiger partial charge is 0.494 e. The van der Waals surface area contributed by atoms with Crippen LogP contribution in [0.1, 0.15) is 24.5 Å². The summed E-state index contributed by atoms with van der Waals surface area (Å²) in [5, 5.41) is 0. The number of rotatable bonds is 8. The molecule has 33 heavy (non-hydrogen) atoms. The Balaban J connectivity index is 1.50. The van der Waals surface area contributed by atoms with Crippen molar-refractivity contribution in [2.24, 2.45) is 11.1 Å². The summed E-state index contributed by atoms with van der Waals surface area (Å²) in [5.41, 5.74) is 9.37. The molecule has 1 heterocycles. The number of likely N-dealkylation sites (tertiary alicyclic amines) is 1. The second kappa shape index (κ2) is 9.90. The second-order valence-corrected chi connectivity index (χ2v) is 8.66. The Labute approximate surface area is 195 Å². The number of hydrogen-bond acceptors (Lipinski definition) is 3. The van der Waals surface area contributed by atoms with Gasteiger partial charge in [-0.2, -0.15) is 0 Å². The van der Waals surface area contributed by atoms with Gasteiger partial charge in [-0.25, -0.2) is 0 Å². The van der Waals surface area contributed by atoms with E-state index in [1.807, 2.05) is 61.5 Å². The third-order valence-corrected chi connectivity index (χ3v) is 6.45. The van der Waals surface area contributed by atoms with E-state index < -0.39 is 5.41 Å². The topological polar surface area (TPSA) is 72.6 Å². The summed E-state index contributed by atoms with van der Waals surface area (Å²) in [6.07, 6.45) is 1.38. The van der Waals surface area contributed by atoms with Crippen LogP contribution in [0.25, 0.3) is 11.1 Å². The summed E-state index contributed by atoms with van der Waals surface area (Å²) in [6.45, 7) is 3.43. The van der Waals surface area contributed by atoms with Crippen LogP contribution in [0.5, 0.6) is 5.75 Å². The standard InChI is InChI=1S/C28H30N2O3/c1-2-33-24-14-12-21(13-15-24)18-26(31)30-17-16-28(20-30,27(29)32)19-23-10-6-7-11-25(23)22-8-4-3-5-9-22/h3-15H,2,16-20H2,1H3,(H2,29,32)/t28-/m0/s1. The summed E-state index contributed by atoms with van der Waals surface area (Å²) in [7, 11) is 0. The fourth-order valence-electron chi connectivity index (χ4n) is 4.61. The number of amides is 2. The monoisotopic (exact) mass is 442 g/mol. The number of ether oxygens (including phenoxy) is 1. The molecule has 0 radical (unpaired) electrons. The van der Waals surface area contributed by atoms with Gasteiger partial charge in [-0.3, -0.25) is 9.59 Å². The van der Waals surface area contributed by atoms with Crippen molar-refractivity contribution in [2.75, 3.05) is 19.7 Å². The second-order valence-electron chi connectivity index (χ2n) is 8.66. The van der Waals surface area contributed by atoms with Gasteiger partial charge in [-0.1, -0.05) is 66.7 Å². The van der Waals surface area contributed by atoms with Crippen molar-refractivity contribution in [2.45, 2.75) is 26.2 Å². The Kier molecular flexibility index (Phi) is 6.78. The minimum atomic E-state index is -0.765. The molecule has 1 saturated heterocycles. The molecular weight excluding hydrogens is 412 g/mol. The molecule has 4 rings (SSSR count). The number of primary amides is 1. The van der Waals surface area contributed by atoms with Crippen molar-refractivity contribution >= 4 is 11.8 Å². The molecule has 1 aliphatic rings. The first-order chi connectivity index (χ1) is 16.0. The van der Waals surface area contributed by atoms with Gasteiger partial charge in [0, 0.05) is 13.1 Å². The van der Waals surface area contributed by atoms with Crippen molar-refractivity contribution in [3.05, 3.63) is 90.0 Å². The van der Waals surface area contributed by atoms with Crippen molar-refractivity contribution in [3.8, 4) is 16.9 Å². The summed E-state index contributed by atoms with van der Waals surface area (Å²) < 4.78 is 5.47. The lowest BCUT2D eigenvalue weighted by molar-refractivity contribution is -0.131. The molecule has 2 amide bonds. The SMILES string of the molecule is CCOc1ccc(CC(=O)N2CC[C@@](Cc3ccccc3-c3ccccc3)(C(N)=O)C2)cc1. The van der Waals surface area contributed by atoms with E-state index >= 15 is 0 Å². The van der Waals surface area contributed by atoms with E-state index in [4.69, 9.17) is 10.5 Å². The number of hydrogen-bond donors (Lipinski definition) is 1. The lowest BCUT2D eigenvalue weighted by atomic mass is 9.78. The number of nitrogens with two attached hydrogens (primary N) is 1. The Morgan fingerprint density at radius 1 is 0.970 bits per heavy atom. The third-order valence-electron chi connectivity index (χ3n) is 6.45. The molecular formula is C28H30N2O3. The van der Waals surface area contributed by atoms with E-state index in [0.717, 1.165) is 28.0 Å². The van der Waals surface area contributed by atoms with Crippen LogP contribution in [0, 0.1) is 5.41 Å². The van der Waals surface area contributed by atoms with Crippen LogP contribution in [-0.4, -0.2) is 36.4 Å². The average Bonchev–Trinajstić information content (AvgIpc) is 3.27. The molecule has 5 nitrogen and oxygen atoms in total. The van der Waals surface area contributed by atoms with E-state index in [9.17, 15) is 9.59 Å². The minimum Gasteiger partial charge on any atom is -0.494 e. The Morgan fingerprint density at radius 2 is 1.67 bits per heavy atom.